The minimum atomic E-state index is -0.648. The molecule has 0 spiro atoms. The molecule has 4 heteroatoms. The van der Waals surface area contributed by atoms with Gasteiger partial charge in [0.1, 0.15) is 0 Å². The molecular weight excluding hydrogens is 328 g/mol. The summed E-state index contributed by atoms with van der Waals surface area (Å²) in [6.45, 7) is 7.94. The first-order valence-corrected chi connectivity index (χ1v) is 9.95. The van der Waals surface area contributed by atoms with Gasteiger partial charge in [-0.3, -0.25) is 9.59 Å². The van der Waals surface area contributed by atoms with E-state index in [0.717, 1.165) is 12.8 Å². The lowest BCUT2D eigenvalue weighted by atomic mass is 9.47. The van der Waals surface area contributed by atoms with Gasteiger partial charge in [0, 0.05) is 24.2 Å². The Morgan fingerprint density at radius 1 is 1.27 bits per heavy atom. The molecule has 3 saturated carbocycles. The summed E-state index contributed by atoms with van der Waals surface area (Å²) in [4.78, 5) is 24.2. The molecule has 0 amide bonds. The number of ketones is 1. The lowest BCUT2D eigenvalue weighted by molar-refractivity contribution is -0.163. The van der Waals surface area contributed by atoms with Gasteiger partial charge in [-0.1, -0.05) is 44.6 Å². The number of aliphatic hydroxyl groups excluding tert-OH is 1. The van der Waals surface area contributed by atoms with E-state index in [9.17, 15) is 14.7 Å². The van der Waals surface area contributed by atoms with Gasteiger partial charge in [0.2, 0.25) is 0 Å². The average molecular weight is 358 g/mol. The Kier molecular flexibility index (Phi) is 4.00. The first-order chi connectivity index (χ1) is 12.2. The van der Waals surface area contributed by atoms with E-state index in [4.69, 9.17) is 4.74 Å². The van der Waals surface area contributed by atoms with Crippen molar-refractivity contribution < 1.29 is 19.4 Å². The summed E-state index contributed by atoms with van der Waals surface area (Å²) in [6, 6.07) is 0. The summed E-state index contributed by atoms with van der Waals surface area (Å²) < 4.78 is 5.46. The van der Waals surface area contributed by atoms with E-state index in [1.165, 1.54) is 12.5 Å². The molecule has 3 fully saturated rings. The predicted molar refractivity (Wildman–Crippen MR) is 98.1 cm³/mol. The van der Waals surface area contributed by atoms with Crippen molar-refractivity contribution in [3.63, 3.8) is 0 Å². The quantitative estimate of drug-likeness (QED) is 0.576. The molecule has 5 unspecified atom stereocenters. The van der Waals surface area contributed by atoms with E-state index >= 15 is 0 Å². The van der Waals surface area contributed by atoms with Gasteiger partial charge in [-0.2, -0.15) is 0 Å². The zero-order chi connectivity index (χ0) is 18.9. The Labute approximate surface area is 155 Å². The first kappa shape index (κ1) is 18.0. The molecule has 4 aliphatic rings. The highest BCUT2D eigenvalue weighted by molar-refractivity contribution is 5.89. The summed E-state index contributed by atoms with van der Waals surface area (Å²) in [6.07, 6.45) is 8.78. The zero-order valence-corrected chi connectivity index (χ0v) is 16.2. The highest BCUT2D eigenvalue weighted by Crippen LogP contribution is 2.64. The molecule has 1 N–H and O–H groups in total. The molecule has 0 bridgehead atoms. The van der Waals surface area contributed by atoms with E-state index in [-0.39, 0.29) is 28.4 Å². The third-order valence-corrected chi connectivity index (χ3v) is 7.91. The van der Waals surface area contributed by atoms with E-state index in [2.05, 4.69) is 39.0 Å². The van der Waals surface area contributed by atoms with Crippen molar-refractivity contribution >= 4 is 11.8 Å². The maximum absolute atomic E-state index is 12.7. The van der Waals surface area contributed by atoms with Gasteiger partial charge in [-0.15, -0.1) is 0 Å². The van der Waals surface area contributed by atoms with Gasteiger partial charge >= 0.3 is 5.97 Å². The van der Waals surface area contributed by atoms with Crippen LogP contribution in [0.1, 0.15) is 53.4 Å². The number of allylic oxidation sites excluding steroid dienone is 3. The molecule has 0 aliphatic heterocycles. The molecule has 0 radical (unpaired) electrons. The largest absolute Gasteiger partial charge is 0.454 e. The van der Waals surface area contributed by atoms with Crippen LogP contribution >= 0.6 is 0 Å². The topological polar surface area (TPSA) is 63.6 Å². The first-order valence-electron chi connectivity index (χ1n) is 9.95. The number of ether oxygens (including phenoxy) is 1. The second kappa shape index (κ2) is 5.79. The fourth-order valence-electron chi connectivity index (χ4n) is 6.58. The van der Waals surface area contributed by atoms with Crippen LogP contribution in [0.3, 0.4) is 0 Å². The average Bonchev–Trinajstić information content (AvgIpc) is 2.80. The Morgan fingerprint density at radius 3 is 2.69 bits per heavy atom. The number of carbonyl (C=O) groups is 2. The summed E-state index contributed by atoms with van der Waals surface area (Å²) in [5.41, 5.74) is 0.972. The monoisotopic (exact) mass is 358 g/mol. The molecule has 4 nitrogen and oxygen atoms in total. The highest BCUT2D eigenvalue weighted by atomic mass is 16.5. The molecule has 4 aliphatic carbocycles. The molecule has 0 saturated heterocycles. The maximum Gasteiger partial charge on any atom is 0.303 e. The van der Waals surface area contributed by atoms with Crippen LogP contribution in [0.4, 0.5) is 0 Å². The van der Waals surface area contributed by atoms with Crippen LogP contribution < -0.4 is 0 Å². The maximum atomic E-state index is 12.7. The van der Waals surface area contributed by atoms with Crippen LogP contribution in [0.5, 0.6) is 0 Å². The van der Waals surface area contributed by atoms with Crippen LogP contribution in [0.2, 0.25) is 0 Å². The standard InChI is InChI=1S/C22H30O4/c1-12-5-7-21(3)14(9-12)10-17(24)19-15(21)6-8-22(4)16(19)11-18(25)20(22)26-13(2)23/h5,7,9,12,15-17,19-20,24H,6,8,10-11H2,1-4H3/t12-,15?,16?,17?,19?,20?,21-,22-/m0/s1. The summed E-state index contributed by atoms with van der Waals surface area (Å²) in [5.74, 6) is 0.552. The molecule has 142 valence electrons. The minimum absolute atomic E-state index is 0.0275. The highest BCUT2D eigenvalue weighted by Gasteiger charge is 2.64. The van der Waals surface area contributed by atoms with Gasteiger partial charge < -0.3 is 9.84 Å². The molecule has 0 aromatic heterocycles. The second-order valence-electron chi connectivity index (χ2n) is 9.46. The molecular formula is C22H30O4. The third-order valence-electron chi connectivity index (χ3n) is 7.91. The predicted octanol–water partition coefficient (Wildman–Crippen LogP) is 3.44. The van der Waals surface area contributed by atoms with E-state index < -0.39 is 18.2 Å². The van der Waals surface area contributed by atoms with Gasteiger partial charge in [-0.25, -0.2) is 0 Å². The van der Waals surface area contributed by atoms with Crippen molar-refractivity contribution in [2.45, 2.75) is 65.6 Å². The molecule has 8 atom stereocenters. The van der Waals surface area contributed by atoms with Crippen molar-refractivity contribution in [2.75, 3.05) is 0 Å². The second-order valence-corrected chi connectivity index (χ2v) is 9.46. The van der Waals surface area contributed by atoms with Crippen LogP contribution in [0, 0.1) is 34.5 Å². The van der Waals surface area contributed by atoms with Crippen molar-refractivity contribution in [3.8, 4) is 0 Å². The normalized spacial score (nSPS) is 49.7. The van der Waals surface area contributed by atoms with Crippen LogP contribution in [-0.2, 0) is 14.3 Å². The fraction of sp³-hybridized carbons (Fsp3) is 0.727. The zero-order valence-electron chi connectivity index (χ0n) is 16.2. The number of fused-ring (bicyclic) bond motifs is 5. The van der Waals surface area contributed by atoms with E-state index in [0.29, 0.717) is 24.7 Å². The lowest BCUT2D eigenvalue weighted by Crippen LogP contribution is -2.55. The fourth-order valence-corrected chi connectivity index (χ4v) is 6.58. The third kappa shape index (κ3) is 2.37. The smallest absolute Gasteiger partial charge is 0.303 e. The van der Waals surface area contributed by atoms with Gasteiger partial charge in [0.15, 0.2) is 11.9 Å². The van der Waals surface area contributed by atoms with Crippen LogP contribution in [0.15, 0.2) is 23.8 Å². The minimum Gasteiger partial charge on any atom is -0.454 e. The van der Waals surface area contributed by atoms with Gasteiger partial charge in [0.05, 0.1) is 6.10 Å². The molecule has 0 aromatic carbocycles. The Hall–Kier alpha value is -1.42. The van der Waals surface area contributed by atoms with E-state index in [1.54, 1.807) is 0 Å². The van der Waals surface area contributed by atoms with Gasteiger partial charge in [-0.05, 0) is 42.9 Å². The number of hydrogen-bond acceptors (Lipinski definition) is 4. The van der Waals surface area contributed by atoms with E-state index in [1.807, 2.05) is 0 Å². The van der Waals surface area contributed by atoms with Gasteiger partial charge in [0.25, 0.3) is 0 Å². The lowest BCUT2D eigenvalue weighted by Gasteiger charge is -2.58. The number of Topliss-reactive ketones (excluding diaryl/α,β-unsaturated/α-hetero) is 1. The Balaban J connectivity index is 1.71. The number of aliphatic hydroxyl groups is 1. The summed E-state index contributed by atoms with van der Waals surface area (Å²) in [5, 5.41) is 11.1. The summed E-state index contributed by atoms with van der Waals surface area (Å²) >= 11 is 0. The van der Waals surface area contributed by atoms with Crippen molar-refractivity contribution in [1.29, 1.82) is 0 Å². The van der Waals surface area contributed by atoms with Crippen molar-refractivity contribution in [3.05, 3.63) is 23.8 Å². The number of esters is 1. The molecule has 26 heavy (non-hydrogen) atoms. The number of rotatable bonds is 1. The molecule has 0 heterocycles. The molecule has 4 rings (SSSR count). The Bertz CT molecular complexity index is 707. The number of carbonyl (C=O) groups excluding carboxylic acids is 2. The Morgan fingerprint density at radius 2 is 2.00 bits per heavy atom. The van der Waals surface area contributed by atoms with Crippen molar-refractivity contribution in [2.24, 2.45) is 34.5 Å². The van der Waals surface area contributed by atoms with Crippen molar-refractivity contribution in [1.82, 2.24) is 0 Å². The van der Waals surface area contributed by atoms with Crippen LogP contribution in [-0.4, -0.2) is 29.1 Å². The number of hydrogen-bond donors (Lipinski definition) is 1. The van der Waals surface area contributed by atoms with Crippen LogP contribution in [0.25, 0.3) is 0 Å². The SMILES string of the molecule is CC(=O)OC1C(=O)CC2C3C(O)CC4=C[C@@H](C)C=C[C@]4(C)C3CC[C@]12C. The summed E-state index contributed by atoms with van der Waals surface area (Å²) in [7, 11) is 0. The molecule has 0 aromatic rings.